The predicted octanol–water partition coefficient (Wildman–Crippen LogP) is 3.02. The van der Waals surface area contributed by atoms with E-state index >= 15 is 0 Å². The minimum atomic E-state index is -0.252. The summed E-state index contributed by atoms with van der Waals surface area (Å²) in [6.07, 6.45) is 2.83. The highest BCUT2D eigenvalue weighted by Gasteiger charge is 2.09. The van der Waals surface area contributed by atoms with E-state index in [4.69, 9.17) is 4.84 Å². The number of rotatable bonds is 2. The average molecular weight is 190 g/mol. The summed E-state index contributed by atoms with van der Waals surface area (Å²) in [7, 11) is 0. The molecule has 0 fully saturated rings. The van der Waals surface area contributed by atoms with Crippen molar-refractivity contribution in [2.24, 2.45) is 5.16 Å². The summed E-state index contributed by atoms with van der Waals surface area (Å²) in [6, 6.07) is 7.97. The minimum absolute atomic E-state index is 0.252. The molecule has 14 heavy (non-hydrogen) atoms. The van der Waals surface area contributed by atoms with Crippen molar-refractivity contribution in [2.75, 3.05) is 0 Å². The lowest BCUT2D eigenvalue weighted by molar-refractivity contribution is 0.00199. The largest absolute Gasteiger partial charge is 0.390 e. The van der Waals surface area contributed by atoms with Gasteiger partial charge < -0.3 is 4.84 Å². The minimum Gasteiger partial charge on any atom is -0.390 e. The standard InChI is InChI=1S/C12H16NO/c1-10-5-7-11(8-6-10)9-13-14-12(2,3)4/h5-8H,1-4H3. The summed E-state index contributed by atoms with van der Waals surface area (Å²) >= 11 is 0. The molecule has 0 amide bonds. The van der Waals surface area contributed by atoms with E-state index in [9.17, 15) is 0 Å². The highest BCUT2D eigenvalue weighted by atomic mass is 16.6. The summed E-state index contributed by atoms with van der Waals surface area (Å²) in [5.41, 5.74) is 1.91. The molecule has 0 aliphatic carbocycles. The summed E-state index contributed by atoms with van der Waals surface area (Å²) in [5.74, 6) is 0. The van der Waals surface area contributed by atoms with Gasteiger partial charge in [0.05, 0.1) is 0 Å². The van der Waals surface area contributed by atoms with Crippen LogP contribution in [0.15, 0.2) is 29.4 Å². The number of hydrogen-bond donors (Lipinski definition) is 0. The third-order valence-electron chi connectivity index (χ3n) is 1.55. The van der Waals surface area contributed by atoms with Crippen molar-refractivity contribution < 1.29 is 4.84 Å². The van der Waals surface area contributed by atoms with Crippen molar-refractivity contribution >= 4 is 6.21 Å². The van der Waals surface area contributed by atoms with Crippen molar-refractivity contribution in [3.05, 3.63) is 35.4 Å². The monoisotopic (exact) mass is 190 g/mol. The van der Waals surface area contributed by atoms with Crippen LogP contribution in [0.25, 0.3) is 0 Å². The number of aryl methyl sites for hydroxylation is 1. The SMILES string of the molecule is Cc1ccc(/[C]=N/OC(C)(C)C)cc1. The maximum absolute atomic E-state index is 5.18. The van der Waals surface area contributed by atoms with Crippen LogP contribution in [-0.4, -0.2) is 11.8 Å². The molecule has 0 aliphatic heterocycles. The van der Waals surface area contributed by atoms with E-state index in [1.54, 1.807) is 0 Å². The Bertz CT molecular complexity index is 306. The van der Waals surface area contributed by atoms with E-state index < -0.39 is 0 Å². The molecule has 1 aromatic rings. The highest BCUT2D eigenvalue weighted by Crippen LogP contribution is 2.07. The molecule has 0 atom stereocenters. The van der Waals surface area contributed by atoms with E-state index in [0.717, 1.165) is 5.56 Å². The molecule has 1 radical (unpaired) electrons. The second kappa shape index (κ2) is 4.27. The number of nitrogens with zero attached hydrogens (tertiary/aromatic N) is 1. The van der Waals surface area contributed by atoms with Gasteiger partial charge in [0, 0.05) is 5.56 Å². The van der Waals surface area contributed by atoms with Crippen LogP contribution in [0.2, 0.25) is 0 Å². The van der Waals surface area contributed by atoms with Crippen LogP contribution in [0, 0.1) is 6.92 Å². The van der Waals surface area contributed by atoms with Gasteiger partial charge in [-0.05, 0) is 27.7 Å². The fourth-order valence-electron chi connectivity index (χ4n) is 0.841. The second-order valence-corrected chi connectivity index (χ2v) is 4.27. The lowest BCUT2D eigenvalue weighted by atomic mass is 10.2. The highest BCUT2D eigenvalue weighted by molar-refractivity contribution is 5.79. The molecule has 0 N–H and O–H groups in total. The number of benzene rings is 1. The Balaban J connectivity index is 2.57. The first-order valence-corrected chi connectivity index (χ1v) is 4.68. The van der Waals surface area contributed by atoms with Gasteiger partial charge in [0.1, 0.15) is 11.8 Å². The van der Waals surface area contributed by atoms with Crippen LogP contribution in [-0.2, 0) is 4.84 Å². The van der Waals surface area contributed by atoms with Gasteiger partial charge in [-0.2, -0.15) is 0 Å². The molecule has 0 unspecified atom stereocenters. The quantitative estimate of drug-likeness (QED) is 0.519. The van der Waals surface area contributed by atoms with E-state index in [1.165, 1.54) is 5.56 Å². The number of hydrogen-bond acceptors (Lipinski definition) is 2. The van der Waals surface area contributed by atoms with Crippen LogP contribution in [0.4, 0.5) is 0 Å². The molecule has 1 rings (SSSR count). The van der Waals surface area contributed by atoms with Crippen molar-refractivity contribution in [3.63, 3.8) is 0 Å². The lowest BCUT2D eigenvalue weighted by Gasteiger charge is -2.14. The van der Waals surface area contributed by atoms with Crippen molar-refractivity contribution in [3.8, 4) is 0 Å². The van der Waals surface area contributed by atoms with Crippen LogP contribution in [0.5, 0.6) is 0 Å². The maximum atomic E-state index is 5.18. The van der Waals surface area contributed by atoms with Gasteiger partial charge in [0.15, 0.2) is 0 Å². The molecule has 0 heterocycles. The third-order valence-corrected chi connectivity index (χ3v) is 1.55. The van der Waals surface area contributed by atoms with Crippen LogP contribution < -0.4 is 0 Å². The molecule has 0 saturated heterocycles. The summed E-state index contributed by atoms with van der Waals surface area (Å²) in [6.45, 7) is 7.90. The molecule has 1 aromatic carbocycles. The lowest BCUT2D eigenvalue weighted by Crippen LogP contribution is -2.15. The molecule has 75 valence electrons. The fraction of sp³-hybridized carbons (Fsp3) is 0.417. The molecule has 0 bridgehead atoms. The smallest absolute Gasteiger partial charge is 0.139 e. The Morgan fingerprint density at radius 2 is 1.71 bits per heavy atom. The third kappa shape index (κ3) is 4.08. The maximum Gasteiger partial charge on any atom is 0.139 e. The van der Waals surface area contributed by atoms with E-state index in [0.29, 0.717) is 0 Å². The van der Waals surface area contributed by atoms with Crippen molar-refractivity contribution in [2.45, 2.75) is 33.3 Å². The molecular weight excluding hydrogens is 174 g/mol. The first-order chi connectivity index (χ1) is 6.47. The van der Waals surface area contributed by atoms with Crippen LogP contribution in [0.3, 0.4) is 0 Å². The molecule has 0 aliphatic rings. The molecule has 2 nitrogen and oxygen atoms in total. The Hall–Kier alpha value is -1.31. The zero-order valence-electron chi connectivity index (χ0n) is 9.16. The first-order valence-electron chi connectivity index (χ1n) is 4.68. The molecule has 0 spiro atoms. The van der Waals surface area contributed by atoms with Crippen molar-refractivity contribution in [1.82, 2.24) is 0 Å². The van der Waals surface area contributed by atoms with Gasteiger partial charge in [-0.25, -0.2) is 0 Å². The molecular formula is C12H16NO. The Labute approximate surface area is 85.6 Å². The van der Waals surface area contributed by atoms with Crippen molar-refractivity contribution in [1.29, 1.82) is 0 Å². The van der Waals surface area contributed by atoms with Crippen LogP contribution >= 0.6 is 0 Å². The predicted molar refractivity (Wildman–Crippen MR) is 58.6 cm³/mol. The summed E-state index contributed by atoms with van der Waals surface area (Å²) < 4.78 is 0. The molecule has 0 saturated carbocycles. The summed E-state index contributed by atoms with van der Waals surface area (Å²) in [4.78, 5) is 5.18. The zero-order chi connectivity index (χ0) is 10.6. The summed E-state index contributed by atoms with van der Waals surface area (Å²) in [5, 5.41) is 3.79. The zero-order valence-corrected chi connectivity index (χ0v) is 9.16. The molecule has 2 heteroatoms. The van der Waals surface area contributed by atoms with E-state index in [2.05, 4.69) is 11.4 Å². The second-order valence-electron chi connectivity index (χ2n) is 4.27. The Kier molecular flexibility index (Phi) is 3.28. The Morgan fingerprint density at radius 3 is 2.21 bits per heavy atom. The van der Waals surface area contributed by atoms with E-state index in [-0.39, 0.29) is 5.60 Å². The van der Waals surface area contributed by atoms with Gasteiger partial charge in [0.25, 0.3) is 0 Å². The first kappa shape index (κ1) is 10.8. The van der Waals surface area contributed by atoms with Gasteiger partial charge in [0.2, 0.25) is 0 Å². The normalized spacial score (nSPS) is 12.0. The van der Waals surface area contributed by atoms with Gasteiger partial charge >= 0.3 is 0 Å². The van der Waals surface area contributed by atoms with Gasteiger partial charge in [-0.15, -0.1) is 0 Å². The van der Waals surface area contributed by atoms with Crippen LogP contribution in [0.1, 0.15) is 31.9 Å². The topological polar surface area (TPSA) is 21.6 Å². The van der Waals surface area contributed by atoms with Gasteiger partial charge in [-0.3, -0.25) is 0 Å². The average Bonchev–Trinajstić information content (AvgIpc) is 2.06. The Morgan fingerprint density at radius 1 is 1.14 bits per heavy atom. The fourth-order valence-corrected chi connectivity index (χ4v) is 0.841. The van der Waals surface area contributed by atoms with E-state index in [1.807, 2.05) is 52.0 Å². The van der Waals surface area contributed by atoms with Gasteiger partial charge in [-0.1, -0.05) is 35.0 Å². The molecule has 0 aromatic heterocycles.